The Hall–Kier alpha value is -1.38. The molecule has 0 aliphatic heterocycles. The number of carbonyl (C=O) groups excluding carboxylic acids is 1. The van der Waals surface area contributed by atoms with Gasteiger partial charge in [-0.25, -0.2) is 0 Å². The Kier molecular flexibility index (Phi) is 3.43. The van der Waals surface area contributed by atoms with Gasteiger partial charge in [0.25, 0.3) is 0 Å². The summed E-state index contributed by atoms with van der Waals surface area (Å²) in [5.74, 6) is 0.858. The van der Waals surface area contributed by atoms with E-state index in [9.17, 15) is 4.79 Å². The fourth-order valence-electron chi connectivity index (χ4n) is 1.09. The molecule has 0 fully saturated rings. The zero-order valence-electron chi connectivity index (χ0n) is 7.91. The highest BCUT2D eigenvalue weighted by Crippen LogP contribution is 2.11. The van der Waals surface area contributed by atoms with Gasteiger partial charge in [0.2, 0.25) is 0 Å². The van der Waals surface area contributed by atoms with Crippen LogP contribution in [0.1, 0.15) is 19.4 Å². The van der Waals surface area contributed by atoms with Crippen molar-refractivity contribution in [1.82, 2.24) is 4.98 Å². The number of ether oxygens (including phenoxy) is 1. The summed E-state index contributed by atoms with van der Waals surface area (Å²) in [5.41, 5.74) is 0.901. The van der Waals surface area contributed by atoms with Crippen LogP contribution in [0.5, 0.6) is 5.75 Å². The highest BCUT2D eigenvalue weighted by molar-refractivity contribution is 5.78. The Bertz CT molecular complexity index is 297. The zero-order valence-corrected chi connectivity index (χ0v) is 7.91. The molecule has 1 heterocycles. The normalized spacial score (nSPS) is 9.69. The van der Waals surface area contributed by atoms with Gasteiger partial charge in [-0.15, -0.1) is 0 Å². The summed E-state index contributed by atoms with van der Waals surface area (Å²) in [4.78, 5) is 14.8. The minimum Gasteiger partial charge on any atom is -0.492 e. The van der Waals surface area contributed by atoms with Gasteiger partial charge in [-0.1, -0.05) is 0 Å². The van der Waals surface area contributed by atoms with Crippen LogP contribution in [-0.4, -0.2) is 17.4 Å². The molecule has 0 spiro atoms. The van der Waals surface area contributed by atoms with Gasteiger partial charge in [-0.3, -0.25) is 9.78 Å². The molecule has 0 amide bonds. The lowest BCUT2D eigenvalue weighted by Gasteiger charge is -2.03. The summed E-state index contributed by atoms with van der Waals surface area (Å²) >= 11 is 0. The van der Waals surface area contributed by atoms with Crippen LogP contribution < -0.4 is 4.74 Å². The highest BCUT2D eigenvalue weighted by atomic mass is 16.5. The molecule has 0 saturated carbocycles. The van der Waals surface area contributed by atoms with Crippen molar-refractivity contribution >= 4 is 5.78 Å². The van der Waals surface area contributed by atoms with E-state index >= 15 is 0 Å². The summed E-state index contributed by atoms with van der Waals surface area (Å²) < 4.78 is 5.25. The minimum atomic E-state index is 0.135. The van der Waals surface area contributed by atoms with Gasteiger partial charge in [0.1, 0.15) is 11.5 Å². The van der Waals surface area contributed by atoms with E-state index in [4.69, 9.17) is 4.74 Å². The quantitative estimate of drug-likeness (QED) is 0.705. The van der Waals surface area contributed by atoms with Crippen molar-refractivity contribution in [2.45, 2.75) is 20.3 Å². The summed E-state index contributed by atoms with van der Waals surface area (Å²) in [6.07, 6.45) is 3.75. The molecule has 70 valence electrons. The molecule has 0 N–H and O–H groups in total. The first-order valence-electron chi connectivity index (χ1n) is 4.28. The van der Waals surface area contributed by atoms with Gasteiger partial charge < -0.3 is 4.74 Å². The Labute approximate surface area is 77.8 Å². The fraction of sp³-hybridized carbons (Fsp3) is 0.400. The number of nitrogens with zero attached hydrogens (tertiary/aromatic N) is 1. The van der Waals surface area contributed by atoms with E-state index in [-0.39, 0.29) is 5.78 Å². The number of rotatable bonds is 4. The molecular weight excluding hydrogens is 166 g/mol. The molecule has 0 unspecified atom stereocenters. The Morgan fingerprint density at radius 2 is 2.31 bits per heavy atom. The predicted octanol–water partition coefficient (Wildman–Crippen LogP) is 1.61. The van der Waals surface area contributed by atoms with Crippen molar-refractivity contribution in [3.05, 3.63) is 24.0 Å². The Morgan fingerprint density at radius 1 is 1.54 bits per heavy atom. The molecule has 1 aromatic rings. The summed E-state index contributed by atoms with van der Waals surface area (Å²) in [6, 6.07) is 1.85. The smallest absolute Gasteiger partial charge is 0.137 e. The van der Waals surface area contributed by atoms with Gasteiger partial charge >= 0.3 is 0 Å². The molecule has 0 atom stereocenters. The van der Waals surface area contributed by atoms with Crippen LogP contribution in [0.15, 0.2) is 18.5 Å². The Morgan fingerprint density at radius 3 is 2.92 bits per heavy atom. The van der Waals surface area contributed by atoms with Crippen LogP contribution in [0.25, 0.3) is 0 Å². The van der Waals surface area contributed by atoms with Crippen LogP contribution in [0.2, 0.25) is 0 Å². The molecule has 0 aromatic carbocycles. The first-order chi connectivity index (χ1) is 6.22. The first kappa shape index (κ1) is 9.71. The molecular formula is C10H13NO2. The van der Waals surface area contributed by atoms with Crippen molar-refractivity contribution in [2.75, 3.05) is 6.61 Å². The fourth-order valence-corrected chi connectivity index (χ4v) is 1.09. The average molecular weight is 179 g/mol. The maximum Gasteiger partial charge on any atom is 0.137 e. The molecule has 0 aliphatic rings. The lowest BCUT2D eigenvalue weighted by molar-refractivity contribution is -0.116. The number of pyridine rings is 1. The first-order valence-corrected chi connectivity index (χ1v) is 4.28. The van der Waals surface area contributed by atoms with E-state index in [1.54, 1.807) is 19.3 Å². The third-order valence-corrected chi connectivity index (χ3v) is 1.53. The van der Waals surface area contributed by atoms with E-state index in [1.807, 2.05) is 13.0 Å². The van der Waals surface area contributed by atoms with Crippen LogP contribution in [-0.2, 0) is 11.2 Å². The lowest BCUT2D eigenvalue weighted by Crippen LogP contribution is -1.98. The summed E-state index contributed by atoms with van der Waals surface area (Å²) in [6.45, 7) is 4.09. The second kappa shape index (κ2) is 4.60. The zero-order chi connectivity index (χ0) is 9.68. The van der Waals surface area contributed by atoms with E-state index in [0.717, 1.165) is 11.3 Å². The minimum absolute atomic E-state index is 0.135. The van der Waals surface area contributed by atoms with Crippen LogP contribution >= 0.6 is 0 Å². The lowest BCUT2D eigenvalue weighted by atomic mass is 10.1. The van der Waals surface area contributed by atoms with Crippen molar-refractivity contribution in [3.63, 3.8) is 0 Å². The monoisotopic (exact) mass is 179 g/mol. The average Bonchev–Trinajstić information content (AvgIpc) is 2.04. The van der Waals surface area contributed by atoms with Gasteiger partial charge in [0, 0.05) is 12.6 Å². The van der Waals surface area contributed by atoms with E-state index < -0.39 is 0 Å². The van der Waals surface area contributed by atoms with Crippen LogP contribution in [0, 0.1) is 0 Å². The van der Waals surface area contributed by atoms with Crippen LogP contribution in [0.4, 0.5) is 0 Å². The number of Topliss-reactive ketones (excluding diaryl/α,β-unsaturated/α-hetero) is 1. The second-order valence-electron chi connectivity index (χ2n) is 2.84. The molecule has 0 aliphatic carbocycles. The number of hydrogen-bond acceptors (Lipinski definition) is 3. The topological polar surface area (TPSA) is 39.2 Å². The predicted molar refractivity (Wildman–Crippen MR) is 49.8 cm³/mol. The van der Waals surface area contributed by atoms with Crippen molar-refractivity contribution < 1.29 is 9.53 Å². The third kappa shape index (κ3) is 3.23. The maximum atomic E-state index is 10.8. The number of ketones is 1. The van der Waals surface area contributed by atoms with Crippen LogP contribution in [0.3, 0.4) is 0 Å². The molecule has 1 rings (SSSR count). The molecule has 0 saturated heterocycles. The Balaban J connectivity index is 2.73. The number of hydrogen-bond donors (Lipinski definition) is 0. The molecule has 0 bridgehead atoms. The molecule has 13 heavy (non-hydrogen) atoms. The highest BCUT2D eigenvalue weighted by Gasteiger charge is 1.99. The SMILES string of the molecule is CCOc1cncc(CC(C)=O)c1. The van der Waals surface area contributed by atoms with E-state index in [1.165, 1.54) is 0 Å². The summed E-state index contributed by atoms with van der Waals surface area (Å²) in [7, 11) is 0. The van der Waals surface area contributed by atoms with Gasteiger partial charge in [0.05, 0.1) is 12.8 Å². The molecule has 0 radical (unpaired) electrons. The number of aromatic nitrogens is 1. The molecule has 3 nitrogen and oxygen atoms in total. The third-order valence-electron chi connectivity index (χ3n) is 1.53. The van der Waals surface area contributed by atoms with E-state index in [0.29, 0.717) is 13.0 Å². The van der Waals surface area contributed by atoms with Crippen molar-refractivity contribution in [2.24, 2.45) is 0 Å². The van der Waals surface area contributed by atoms with E-state index in [2.05, 4.69) is 4.98 Å². The molecule has 1 aromatic heterocycles. The van der Waals surface area contributed by atoms with Crippen molar-refractivity contribution in [3.8, 4) is 5.75 Å². The summed E-state index contributed by atoms with van der Waals surface area (Å²) in [5, 5.41) is 0. The van der Waals surface area contributed by atoms with Crippen molar-refractivity contribution in [1.29, 1.82) is 0 Å². The molecule has 3 heteroatoms. The van der Waals surface area contributed by atoms with Gasteiger partial charge in [-0.2, -0.15) is 0 Å². The largest absolute Gasteiger partial charge is 0.492 e. The second-order valence-corrected chi connectivity index (χ2v) is 2.84. The number of carbonyl (C=O) groups is 1. The van der Waals surface area contributed by atoms with Gasteiger partial charge in [-0.05, 0) is 25.5 Å². The standard InChI is InChI=1S/C10H13NO2/c1-3-13-10-5-9(4-8(2)12)6-11-7-10/h5-7H,3-4H2,1-2H3. The van der Waals surface area contributed by atoms with Gasteiger partial charge in [0.15, 0.2) is 0 Å². The maximum absolute atomic E-state index is 10.8.